The number of benzene rings is 2. The topological polar surface area (TPSA) is 44.8 Å². The molecule has 0 aliphatic rings. The molecule has 0 aliphatic carbocycles. The van der Waals surface area contributed by atoms with Crippen LogP contribution in [-0.4, -0.2) is 13.3 Å². The average Bonchev–Trinajstić information content (AvgIpc) is 2.56. The van der Waals surface area contributed by atoms with E-state index in [1.165, 1.54) is 7.11 Å². The number of hydrogen-bond donors (Lipinski definition) is 0. The third kappa shape index (κ3) is 4.56. The van der Waals surface area contributed by atoms with Crippen molar-refractivity contribution < 1.29 is 19.0 Å². The molecular formula is C17H15BrCl2O4. The summed E-state index contributed by atoms with van der Waals surface area (Å²) in [6, 6.07) is 8.63. The molecule has 2 aromatic carbocycles. The van der Waals surface area contributed by atoms with Gasteiger partial charge in [0.25, 0.3) is 0 Å². The lowest BCUT2D eigenvalue weighted by molar-refractivity contribution is 0.120. The zero-order valence-corrected chi connectivity index (χ0v) is 16.2. The Morgan fingerprint density at radius 1 is 1.17 bits per heavy atom. The molecule has 4 nitrogen and oxygen atoms in total. The normalized spacial score (nSPS) is 10.4. The standard InChI is InChI=1S/C17H15BrCl2O4/c1-3-10-7-12(18)16(8-14(10)20)23-9-11-13(19)5-4-6-15(11)24-17(21)22-2/h4-8H,3,9H2,1-2H3. The van der Waals surface area contributed by atoms with Gasteiger partial charge in [-0.3, -0.25) is 0 Å². The summed E-state index contributed by atoms with van der Waals surface area (Å²) in [6.07, 6.45) is -0.00524. The van der Waals surface area contributed by atoms with E-state index in [9.17, 15) is 4.79 Å². The van der Waals surface area contributed by atoms with Gasteiger partial charge in [0, 0.05) is 11.1 Å². The maximum absolute atomic E-state index is 11.3. The van der Waals surface area contributed by atoms with E-state index >= 15 is 0 Å². The van der Waals surface area contributed by atoms with Crippen LogP contribution in [0.2, 0.25) is 10.0 Å². The van der Waals surface area contributed by atoms with E-state index in [1.807, 2.05) is 13.0 Å². The minimum Gasteiger partial charge on any atom is -0.487 e. The van der Waals surface area contributed by atoms with Crippen molar-refractivity contribution in [1.82, 2.24) is 0 Å². The molecule has 0 atom stereocenters. The molecule has 2 aromatic rings. The molecule has 0 spiro atoms. The number of hydrogen-bond acceptors (Lipinski definition) is 4. The highest BCUT2D eigenvalue weighted by Gasteiger charge is 2.14. The fraction of sp³-hybridized carbons (Fsp3) is 0.235. The first-order valence-electron chi connectivity index (χ1n) is 7.10. The highest BCUT2D eigenvalue weighted by atomic mass is 79.9. The van der Waals surface area contributed by atoms with Gasteiger partial charge in [0.2, 0.25) is 0 Å². The van der Waals surface area contributed by atoms with Crippen LogP contribution in [-0.2, 0) is 17.8 Å². The fourth-order valence-corrected chi connectivity index (χ4v) is 3.02. The van der Waals surface area contributed by atoms with E-state index in [2.05, 4.69) is 20.7 Å². The van der Waals surface area contributed by atoms with E-state index < -0.39 is 6.16 Å². The van der Waals surface area contributed by atoms with Crippen LogP contribution in [0.5, 0.6) is 11.5 Å². The van der Waals surface area contributed by atoms with Crippen LogP contribution in [0.4, 0.5) is 4.79 Å². The molecule has 0 aliphatic heterocycles. The summed E-state index contributed by atoms with van der Waals surface area (Å²) in [7, 11) is 1.23. The molecule has 0 radical (unpaired) electrons. The smallest absolute Gasteiger partial charge is 0.487 e. The Morgan fingerprint density at radius 2 is 1.92 bits per heavy atom. The van der Waals surface area contributed by atoms with Crippen molar-refractivity contribution in [3.63, 3.8) is 0 Å². The summed E-state index contributed by atoms with van der Waals surface area (Å²) in [5.41, 5.74) is 1.55. The van der Waals surface area contributed by atoms with Crippen molar-refractivity contribution in [2.45, 2.75) is 20.0 Å². The quantitative estimate of drug-likeness (QED) is 0.425. The Hall–Kier alpha value is -1.43. The van der Waals surface area contributed by atoms with Gasteiger partial charge < -0.3 is 14.2 Å². The molecule has 0 aromatic heterocycles. The number of carbonyl (C=O) groups is 1. The molecular weight excluding hydrogens is 419 g/mol. The number of methoxy groups -OCH3 is 1. The molecule has 0 unspecified atom stereocenters. The predicted octanol–water partition coefficient (Wildman–Crippen LogP) is 6.04. The van der Waals surface area contributed by atoms with Crippen LogP contribution in [0.3, 0.4) is 0 Å². The van der Waals surface area contributed by atoms with Gasteiger partial charge in [0.1, 0.15) is 18.1 Å². The molecule has 0 N–H and O–H groups in total. The van der Waals surface area contributed by atoms with E-state index in [-0.39, 0.29) is 12.4 Å². The Kier molecular flexibility index (Phi) is 6.78. The van der Waals surface area contributed by atoms with Crippen LogP contribution in [0, 0.1) is 0 Å². The lowest BCUT2D eigenvalue weighted by Gasteiger charge is -2.14. The number of halogens is 3. The highest BCUT2D eigenvalue weighted by Crippen LogP contribution is 2.34. The van der Waals surface area contributed by atoms with Crippen molar-refractivity contribution in [1.29, 1.82) is 0 Å². The number of ether oxygens (including phenoxy) is 3. The Bertz CT molecular complexity index is 750. The van der Waals surface area contributed by atoms with Crippen molar-refractivity contribution in [3.05, 3.63) is 56.0 Å². The number of rotatable bonds is 5. The maximum Gasteiger partial charge on any atom is 0.513 e. The predicted molar refractivity (Wildman–Crippen MR) is 97.3 cm³/mol. The Morgan fingerprint density at radius 3 is 2.58 bits per heavy atom. The van der Waals surface area contributed by atoms with Crippen LogP contribution in [0.15, 0.2) is 34.8 Å². The monoisotopic (exact) mass is 432 g/mol. The summed E-state index contributed by atoms with van der Waals surface area (Å²) in [4.78, 5) is 11.3. The van der Waals surface area contributed by atoms with Crippen molar-refractivity contribution in [3.8, 4) is 11.5 Å². The van der Waals surface area contributed by atoms with Crippen molar-refractivity contribution in [2.24, 2.45) is 0 Å². The van der Waals surface area contributed by atoms with Gasteiger partial charge in [0.05, 0.1) is 22.2 Å². The second-order valence-corrected chi connectivity index (χ2v) is 6.46. The van der Waals surface area contributed by atoms with E-state index in [0.29, 0.717) is 21.4 Å². The van der Waals surface area contributed by atoms with Gasteiger partial charge in [-0.15, -0.1) is 0 Å². The number of carbonyl (C=O) groups excluding carboxylic acids is 1. The minimum atomic E-state index is -0.824. The minimum absolute atomic E-state index is 0.104. The molecule has 0 saturated carbocycles. The lowest BCUT2D eigenvalue weighted by atomic mass is 10.1. The SMILES string of the molecule is CCc1cc(Br)c(OCc2c(Cl)cccc2OC(=O)OC)cc1Cl. The molecule has 0 bridgehead atoms. The van der Waals surface area contributed by atoms with Crippen LogP contribution in [0.1, 0.15) is 18.1 Å². The lowest BCUT2D eigenvalue weighted by Crippen LogP contribution is -2.10. The molecule has 7 heteroatoms. The van der Waals surface area contributed by atoms with Gasteiger partial charge in [-0.25, -0.2) is 4.79 Å². The van der Waals surface area contributed by atoms with Gasteiger partial charge >= 0.3 is 6.16 Å². The van der Waals surface area contributed by atoms with Gasteiger partial charge in [0.15, 0.2) is 0 Å². The summed E-state index contributed by atoms with van der Waals surface area (Å²) >= 11 is 15.9. The van der Waals surface area contributed by atoms with Crippen LogP contribution >= 0.6 is 39.1 Å². The Labute approximate surface area is 158 Å². The average molecular weight is 434 g/mol. The van der Waals surface area contributed by atoms with E-state index in [1.54, 1.807) is 24.3 Å². The fourth-order valence-electron chi connectivity index (χ4n) is 2.01. The van der Waals surface area contributed by atoms with Crippen molar-refractivity contribution in [2.75, 3.05) is 7.11 Å². The third-order valence-corrected chi connectivity index (χ3v) is 4.62. The molecule has 0 saturated heterocycles. The summed E-state index contributed by atoms with van der Waals surface area (Å²) < 4.78 is 16.2. The molecule has 0 heterocycles. The largest absolute Gasteiger partial charge is 0.513 e. The number of aryl methyl sites for hydroxylation is 1. The molecule has 128 valence electrons. The van der Waals surface area contributed by atoms with E-state index in [0.717, 1.165) is 16.5 Å². The molecule has 0 fully saturated rings. The first-order valence-corrected chi connectivity index (χ1v) is 8.65. The highest BCUT2D eigenvalue weighted by molar-refractivity contribution is 9.10. The van der Waals surface area contributed by atoms with Gasteiger partial charge in [-0.2, -0.15) is 0 Å². The summed E-state index contributed by atoms with van der Waals surface area (Å²) in [5.74, 6) is 0.850. The zero-order valence-electron chi connectivity index (χ0n) is 13.1. The Balaban J connectivity index is 2.23. The maximum atomic E-state index is 11.3. The first kappa shape index (κ1) is 18.9. The van der Waals surface area contributed by atoms with Gasteiger partial charge in [-0.1, -0.05) is 36.2 Å². The molecule has 0 amide bonds. The zero-order chi connectivity index (χ0) is 17.7. The van der Waals surface area contributed by atoms with Gasteiger partial charge in [-0.05, 0) is 46.1 Å². The summed E-state index contributed by atoms with van der Waals surface area (Å²) in [6.45, 7) is 2.13. The van der Waals surface area contributed by atoms with E-state index in [4.69, 9.17) is 32.7 Å². The molecule has 2 rings (SSSR count). The second-order valence-electron chi connectivity index (χ2n) is 4.79. The van der Waals surface area contributed by atoms with Crippen molar-refractivity contribution >= 4 is 45.3 Å². The summed E-state index contributed by atoms with van der Waals surface area (Å²) in [5, 5.41) is 1.05. The molecule has 24 heavy (non-hydrogen) atoms. The third-order valence-electron chi connectivity index (χ3n) is 3.29. The van der Waals surface area contributed by atoms with Crippen LogP contribution in [0.25, 0.3) is 0 Å². The first-order chi connectivity index (χ1) is 11.5. The van der Waals surface area contributed by atoms with Crippen LogP contribution < -0.4 is 9.47 Å². The second kappa shape index (κ2) is 8.60.